The van der Waals surface area contributed by atoms with E-state index in [1.165, 1.54) is 49.7 Å². The minimum Gasteiger partial charge on any atom is -0.497 e. The van der Waals surface area contributed by atoms with Gasteiger partial charge in [-0.15, -0.1) is 0 Å². The molecule has 0 heterocycles. The van der Waals surface area contributed by atoms with Gasteiger partial charge in [0.2, 0.25) is 0 Å². The first-order chi connectivity index (χ1) is 19.3. The molecule has 0 radical (unpaired) electrons. The Morgan fingerprint density at radius 3 is 2.05 bits per heavy atom. The predicted octanol–water partition coefficient (Wildman–Crippen LogP) is 4.25. The molecular formula is C30H28N2O7S. The molecule has 40 heavy (non-hydrogen) atoms. The molecule has 4 rings (SSSR count). The smallest absolute Gasteiger partial charge is 0.339 e. The van der Waals surface area contributed by atoms with Gasteiger partial charge in [0.05, 0.1) is 19.9 Å². The molecule has 0 aliphatic rings. The van der Waals surface area contributed by atoms with Crippen molar-refractivity contribution in [1.29, 1.82) is 0 Å². The number of benzene rings is 4. The van der Waals surface area contributed by atoms with Crippen LogP contribution in [0.4, 0.5) is 0 Å². The van der Waals surface area contributed by atoms with Gasteiger partial charge in [-0.1, -0.05) is 60.7 Å². The largest absolute Gasteiger partial charge is 0.497 e. The monoisotopic (exact) mass is 560 g/mol. The lowest BCUT2D eigenvalue weighted by molar-refractivity contribution is -0.136. The molecule has 0 atom stereocenters. The Morgan fingerprint density at radius 1 is 0.900 bits per heavy atom. The van der Waals surface area contributed by atoms with Crippen LogP contribution in [0.15, 0.2) is 113 Å². The van der Waals surface area contributed by atoms with Crippen molar-refractivity contribution in [3.8, 4) is 17.2 Å². The van der Waals surface area contributed by atoms with Crippen LogP contribution in [-0.4, -0.2) is 39.4 Å². The van der Waals surface area contributed by atoms with Gasteiger partial charge in [0.15, 0.2) is 17.1 Å². The van der Waals surface area contributed by atoms with Crippen molar-refractivity contribution in [2.45, 2.75) is 17.4 Å². The second-order valence-corrected chi connectivity index (χ2v) is 10.0. The van der Waals surface area contributed by atoms with Gasteiger partial charge in [-0.2, -0.15) is 13.5 Å². The van der Waals surface area contributed by atoms with Crippen LogP contribution in [0.2, 0.25) is 0 Å². The zero-order valence-corrected chi connectivity index (χ0v) is 22.7. The normalized spacial score (nSPS) is 11.7. The van der Waals surface area contributed by atoms with Gasteiger partial charge in [0.25, 0.3) is 5.91 Å². The third-order valence-corrected chi connectivity index (χ3v) is 7.16. The average Bonchev–Trinajstić information content (AvgIpc) is 2.99. The van der Waals surface area contributed by atoms with Gasteiger partial charge in [-0.3, -0.25) is 4.79 Å². The Morgan fingerprint density at radius 2 is 1.50 bits per heavy atom. The Hall–Kier alpha value is -4.67. The average molecular weight is 561 g/mol. The quantitative estimate of drug-likeness (QED) is 0.160. The number of methoxy groups -OCH3 is 1. The van der Waals surface area contributed by atoms with E-state index in [9.17, 15) is 18.3 Å². The van der Waals surface area contributed by atoms with E-state index in [0.29, 0.717) is 22.4 Å². The number of carbonyl (C=O) groups is 1. The van der Waals surface area contributed by atoms with Gasteiger partial charge < -0.3 is 18.8 Å². The third-order valence-electron chi connectivity index (χ3n) is 5.91. The first-order valence-electron chi connectivity index (χ1n) is 12.3. The maximum absolute atomic E-state index is 13.2. The maximum Gasteiger partial charge on any atom is 0.339 e. The van der Waals surface area contributed by atoms with Gasteiger partial charge in [-0.05, 0) is 66.1 Å². The fraction of sp³-hybridized carbons (Fsp3) is 0.133. The standard InChI is InChI=1S/C30H28N2O7S/c1-3-38-28-20-22(14-19-27(28)39-40(35,36)26-17-15-25(37-2)16-18-26)21-31-32-29(33)30(34,23-10-6-4-7-11-23)24-12-8-5-9-13-24/h4-21,34H,3H2,1-2H3,(H,32,33)/b31-21-. The number of hydrogen-bond acceptors (Lipinski definition) is 8. The van der Waals surface area contributed by atoms with Gasteiger partial charge in [0, 0.05) is 0 Å². The second-order valence-electron chi connectivity index (χ2n) is 8.49. The molecule has 0 unspecified atom stereocenters. The molecule has 206 valence electrons. The lowest BCUT2D eigenvalue weighted by Gasteiger charge is -2.27. The molecule has 0 aliphatic heterocycles. The molecule has 0 aromatic heterocycles. The minimum absolute atomic E-state index is 0.0126. The number of hydrogen-bond donors (Lipinski definition) is 2. The zero-order chi connectivity index (χ0) is 28.6. The summed E-state index contributed by atoms with van der Waals surface area (Å²) in [5, 5.41) is 15.5. The number of ether oxygens (including phenoxy) is 2. The molecule has 0 fully saturated rings. The summed E-state index contributed by atoms with van der Waals surface area (Å²) in [6.07, 6.45) is 1.35. The van der Waals surface area contributed by atoms with Crippen LogP contribution in [-0.2, 0) is 20.5 Å². The summed E-state index contributed by atoms with van der Waals surface area (Å²) in [4.78, 5) is 13.2. The van der Waals surface area contributed by atoms with Gasteiger partial charge >= 0.3 is 10.1 Å². The number of nitrogens with zero attached hydrogens (tertiary/aromatic N) is 1. The lowest BCUT2D eigenvalue weighted by Crippen LogP contribution is -2.43. The number of rotatable bonds is 11. The zero-order valence-electron chi connectivity index (χ0n) is 21.9. The number of nitrogens with one attached hydrogen (secondary N) is 1. The Bertz CT molecular complexity index is 1530. The Kier molecular flexibility index (Phi) is 8.83. The van der Waals surface area contributed by atoms with E-state index in [-0.39, 0.29) is 23.0 Å². The van der Waals surface area contributed by atoms with Gasteiger partial charge in [0.1, 0.15) is 10.6 Å². The van der Waals surface area contributed by atoms with Crippen molar-refractivity contribution in [3.63, 3.8) is 0 Å². The summed E-state index contributed by atoms with van der Waals surface area (Å²) in [5.74, 6) is -0.0892. The van der Waals surface area contributed by atoms with Crippen LogP contribution in [0.3, 0.4) is 0 Å². The lowest BCUT2D eigenvalue weighted by atomic mass is 9.85. The molecule has 0 aliphatic carbocycles. The van der Waals surface area contributed by atoms with E-state index in [0.717, 1.165) is 0 Å². The van der Waals surface area contributed by atoms with E-state index >= 15 is 0 Å². The summed E-state index contributed by atoms with van der Waals surface area (Å²) < 4.78 is 41.6. The van der Waals surface area contributed by atoms with E-state index in [2.05, 4.69) is 10.5 Å². The molecule has 4 aromatic carbocycles. The summed E-state index contributed by atoms with van der Waals surface area (Å²) in [7, 11) is -2.66. The van der Waals surface area contributed by atoms with Crippen molar-refractivity contribution in [2.24, 2.45) is 5.10 Å². The van der Waals surface area contributed by atoms with E-state index < -0.39 is 21.6 Å². The van der Waals surface area contributed by atoms with Crippen molar-refractivity contribution < 1.29 is 32.0 Å². The number of amides is 1. The molecule has 0 saturated carbocycles. The number of aliphatic hydroxyl groups is 1. The molecule has 10 heteroatoms. The van der Waals surface area contributed by atoms with Crippen molar-refractivity contribution in [2.75, 3.05) is 13.7 Å². The van der Waals surface area contributed by atoms with Crippen molar-refractivity contribution in [3.05, 3.63) is 120 Å². The van der Waals surface area contributed by atoms with E-state index in [4.69, 9.17) is 13.7 Å². The van der Waals surface area contributed by atoms with Crippen LogP contribution in [0.25, 0.3) is 0 Å². The molecule has 2 N–H and O–H groups in total. The topological polar surface area (TPSA) is 124 Å². The fourth-order valence-electron chi connectivity index (χ4n) is 3.88. The molecular weight excluding hydrogens is 532 g/mol. The molecule has 4 aromatic rings. The van der Waals surface area contributed by atoms with Crippen LogP contribution in [0.5, 0.6) is 17.2 Å². The van der Waals surface area contributed by atoms with Crippen LogP contribution < -0.4 is 19.1 Å². The molecule has 0 spiro atoms. The second kappa shape index (κ2) is 12.5. The van der Waals surface area contributed by atoms with Gasteiger partial charge in [-0.25, -0.2) is 5.43 Å². The number of carbonyl (C=O) groups excluding carboxylic acids is 1. The number of hydrazone groups is 1. The van der Waals surface area contributed by atoms with Crippen molar-refractivity contribution >= 4 is 22.2 Å². The first-order valence-corrected chi connectivity index (χ1v) is 13.7. The summed E-state index contributed by atoms with van der Waals surface area (Å²) in [6.45, 7) is 1.99. The highest BCUT2D eigenvalue weighted by atomic mass is 32.2. The van der Waals surface area contributed by atoms with Crippen LogP contribution in [0.1, 0.15) is 23.6 Å². The van der Waals surface area contributed by atoms with E-state index in [1.54, 1.807) is 73.7 Å². The van der Waals surface area contributed by atoms with Crippen LogP contribution in [0, 0.1) is 0 Å². The fourth-order valence-corrected chi connectivity index (χ4v) is 4.82. The molecule has 1 amide bonds. The summed E-state index contributed by atoms with van der Waals surface area (Å²) in [5.41, 5.74) is 1.67. The Labute approximate surface area is 232 Å². The molecule has 0 saturated heterocycles. The minimum atomic E-state index is -4.14. The van der Waals surface area contributed by atoms with E-state index in [1.807, 2.05) is 0 Å². The third kappa shape index (κ3) is 6.31. The highest BCUT2D eigenvalue weighted by Gasteiger charge is 2.39. The summed E-state index contributed by atoms with van der Waals surface area (Å²) in [6, 6.07) is 27.4. The molecule has 9 nitrogen and oxygen atoms in total. The highest BCUT2D eigenvalue weighted by Crippen LogP contribution is 2.32. The first kappa shape index (κ1) is 28.3. The predicted molar refractivity (Wildman–Crippen MR) is 150 cm³/mol. The molecule has 0 bridgehead atoms. The Balaban J connectivity index is 1.54. The van der Waals surface area contributed by atoms with Crippen molar-refractivity contribution in [1.82, 2.24) is 5.43 Å². The SMILES string of the molecule is CCOc1cc(/C=N\NC(=O)C(O)(c2ccccc2)c2ccccc2)ccc1OS(=O)(=O)c1ccc(OC)cc1. The maximum atomic E-state index is 13.2. The summed E-state index contributed by atoms with van der Waals surface area (Å²) >= 11 is 0. The highest BCUT2D eigenvalue weighted by molar-refractivity contribution is 7.87. The van der Waals surface area contributed by atoms with Crippen LogP contribution >= 0.6 is 0 Å².